The van der Waals surface area contributed by atoms with Crippen molar-refractivity contribution in [3.8, 4) is 0 Å². The molecule has 32 heavy (non-hydrogen) atoms. The van der Waals surface area contributed by atoms with E-state index >= 15 is 0 Å². The Morgan fingerprint density at radius 2 is 1.88 bits per heavy atom. The Labute approximate surface area is 187 Å². The Balaban J connectivity index is 1.44. The molecule has 4 rings (SSSR count). The van der Waals surface area contributed by atoms with Gasteiger partial charge in [-0.2, -0.15) is 10.2 Å². The van der Waals surface area contributed by atoms with Crippen molar-refractivity contribution >= 4 is 17.6 Å². The molecule has 2 amide bonds. The third-order valence-corrected chi connectivity index (χ3v) is 6.36. The minimum absolute atomic E-state index is 0.137. The lowest BCUT2D eigenvalue weighted by Crippen LogP contribution is -2.32. The third kappa shape index (κ3) is 4.42. The van der Waals surface area contributed by atoms with Crippen molar-refractivity contribution in [2.75, 3.05) is 19.5 Å². The Hall–Kier alpha value is -2.72. The van der Waals surface area contributed by atoms with Gasteiger partial charge in [0.15, 0.2) is 5.82 Å². The van der Waals surface area contributed by atoms with E-state index in [1.54, 1.807) is 32.0 Å². The first-order valence-electron chi connectivity index (χ1n) is 11.0. The van der Waals surface area contributed by atoms with Crippen LogP contribution >= 0.6 is 0 Å². The standard InChI is InChI=1S/C22H32N6O4/c1-12(2)23-22(30)20-15-6-13(7-16(15)20)17-9-19(26-28(17)11-32-5)24-21(29)18-8-14(10-31-4)25-27(18)3/h8-9,12-13,15-16,20H,6-7,10-11H2,1-5H3,(H,23,30)(H,24,26,29)/t13-,15+,16-,20-. The quantitative estimate of drug-likeness (QED) is 0.611. The molecule has 2 heterocycles. The minimum Gasteiger partial charge on any atom is -0.378 e. The number of ether oxygens (including phenoxy) is 2. The monoisotopic (exact) mass is 444 g/mol. The number of nitrogens with zero attached hydrogens (tertiary/aromatic N) is 4. The number of rotatable bonds is 9. The first-order valence-corrected chi connectivity index (χ1v) is 11.0. The SMILES string of the molecule is COCc1cc(C(=O)Nc2cc([C@H]3C[C@@H]4[C@H](C3)[C@H]4C(=O)NC(C)C)n(COC)n2)n(C)n1. The first kappa shape index (κ1) is 22.5. The van der Waals surface area contributed by atoms with E-state index in [1.165, 1.54) is 4.68 Å². The molecule has 0 unspecified atom stereocenters. The van der Waals surface area contributed by atoms with Crippen LogP contribution in [0, 0.1) is 17.8 Å². The van der Waals surface area contributed by atoms with Gasteiger partial charge in [-0.15, -0.1) is 0 Å². The Morgan fingerprint density at radius 1 is 1.16 bits per heavy atom. The number of aromatic nitrogens is 4. The molecule has 0 radical (unpaired) electrons. The molecule has 2 N–H and O–H groups in total. The van der Waals surface area contributed by atoms with Crippen LogP contribution in [0.25, 0.3) is 0 Å². The van der Waals surface area contributed by atoms with E-state index in [2.05, 4.69) is 20.8 Å². The lowest BCUT2D eigenvalue weighted by Gasteiger charge is -2.16. The van der Waals surface area contributed by atoms with Crippen molar-refractivity contribution in [1.29, 1.82) is 0 Å². The van der Waals surface area contributed by atoms with Crippen LogP contribution in [0.5, 0.6) is 0 Å². The summed E-state index contributed by atoms with van der Waals surface area (Å²) >= 11 is 0. The van der Waals surface area contributed by atoms with Crippen LogP contribution < -0.4 is 10.6 Å². The summed E-state index contributed by atoms with van der Waals surface area (Å²) in [4.78, 5) is 25.1. The lowest BCUT2D eigenvalue weighted by molar-refractivity contribution is -0.123. The molecule has 2 aliphatic carbocycles. The molecule has 0 aliphatic heterocycles. The number of carbonyl (C=O) groups is 2. The van der Waals surface area contributed by atoms with Crippen molar-refractivity contribution in [1.82, 2.24) is 24.9 Å². The van der Waals surface area contributed by atoms with Crippen molar-refractivity contribution < 1.29 is 19.1 Å². The third-order valence-electron chi connectivity index (χ3n) is 6.36. The van der Waals surface area contributed by atoms with E-state index in [0.29, 0.717) is 48.3 Å². The van der Waals surface area contributed by atoms with Gasteiger partial charge >= 0.3 is 0 Å². The van der Waals surface area contributed by atoms with Gasteiger partial charge in [0.25, 0.3) is 5.91 Å². The summed E-state index contributed by atoms with van der Waals surface area (Å²) in [7, 11) is 4.93. The lowest BCUT2D eigenvalue weighted by atomic mass is 9.96. The van der Waals surface area contributed by atoms with E-state index in [0.717, 1.165) is 18.5 Å². The second-order valence-corrected chi connectivity index (χ2v) is 9.09. The topological polar surface area (TPSA) is 112 Å². The van der Waals surface area contributed by atoms with Gasteiger partial charge in [0.05, 0.1) is 12.3 Å². The maximum Gasteiger partial charge on any atom is 0.275 e. The summed E-state index contributed by atoms with van der Waals surface area (Å²) in [5.74, 6) is 1.66. The molecular formula is C22H32N6O4. The normalized spacial score (nSPS) is 23.9. The number of hydrogen-bond acceptors (Lipinski definition) is 6. The van der Waals surface area contributed by atoms with Gasteiger partial charge in [-0.3, -0.25) is 14.3 Å². The summed E-state index contributed by atoms with van der Waals surface area (Å²) < 4.78 is 13.7. The number of nitrogens with one attached hydrogen (secondary N) is 2. The molecule has 0 aromatic carbocycles. The van der Waals surface area contributed by atoms with Gasteiger partial charge in [0.2, 0.25) is 5.91 Å². The fourth-order valence-corrected chi connectivity index (χ4v) is 5.04. The van der Waals surface area contributed by atoms with Crippen LogP contribution in [0.3, 0.4) is 0 Å². The van der Waals surface area contributed by atoms with Crippen molar-refractivity contribution in [2.24, 2.45) is 24.8 Å². The highest BCUT2D eigenvalue weighted by atomic mass is 16.5. The maximum atomic E-state index is 12.8. The van der Waals surface area contributed by atoms with Crippen LogP contribution in [0.4, 0.5) is 5.82 Å². The number of hydrogen-bond donors (Lipinski definition) is 2. The summed E-state index contributed by atoms with van der Waals surface area (Å²) in [6, 6.07) is 3.79. The zero-order valence-electron chi connectivity index (χ0n) is 19.3. The van der Waals surface area contributed by atoms with Crippen molar-refractivity contribution in [2.45, 2.75) is 52.0 Å². The highest BCUT2D eigenvalue weighted by molar-refractivity contribution is 6.02. The summed E-state index contributed by atoms with van der Waals surface area (Å²) in [6.07, 6.45) is 1.90. The number of anilines is 1. The van der Waals surface area contributed by atoms with Gasteiger partial charge in [0, 0.05) is 50.9 Å². The predicted octanol–water partition coefficient (Wildman–Crippen LogP) is 1.88. The fraction of sp³-hybridized carbons (Fsp3) is 0.636. The predicted molar refractivity (Wildman–Crippen MR) is 117 cm³/mol. The van der Waals surface area contributed by atoms with Gasteiger partial charge in [-0.1, -0.05) is 0 Å². The number of amides is 2. The molecule has 2 fully saturated rings. The second-order valence-electron chi connectivity index (χ2n) is 9.09. The Bertz CT molecular complexity index is 985. The number of fused-ring (bicyclic) bond motifs is 1. The van der Waals surface area contributed by atoms with Gasteiger partial charge in [-0.05, 0) is 44.6 Å². The second kappa shape index (κ2) is 9.03. The van der Waals surface area contributed by atoms with E-state index in [1.807, 2.05) is 19.9 Å². The van der Waals surface area contributed by atoms with Gasteiger partial charge in [-0.25, -0.2) is 4.68 Å². The van der Waals surface area contributed by atoms with Gasteiger partial charge in [0.1, 0.15) is 12.4 Å². The van der Waals surface area contributed by atoms with Crippen LogP contribution in [0.2, 0.25) is 0 Å². The highest BCUT2D eigenvalue weighted by Crippen LogP contribution is 2.62. The molecule has 2 saturated carbocycles. The Kier molecular flexibility index (Phi) is 6.34. The van der Waals surface area contributed by atoms with Crippen molar-refractivity contribution in [3.05, 3.63) is 29.2 Å². The zero-order valence-corrected chi connectivity index (χ0v) is 19.3. The van der Waals surface area contributed by atoms with E-state index in [9.17, 15) is 9.59 Å². The number of carbonyl (C=O) groups excluding carboxylic acids is 2. The zero-order chi connectivity index (χ0) is 23.0. The van der Waals surface area contributed by atoms with Crippen LogP contribution in [0.15, 0.2) is 12.1 Å². The molecule has 0 bridgehead atoms. The first-order chi connectivity index (χ1) is 15.3. The fourth-order valence-electron chi connectivity index (χ4n) is 5.04. The molecule has 10 heteroatoms. The number of aryl methyl sites for hydroxylation is 1. The maximum absolute atomic E-state index is 12.8. The minimum atomic E-state index is -0.282. The Morgan fingerprint density at radius 3 is 2.50 bits per heavy atom. The van der Waals surface area contributed by atoms with E-state index < -0.39 is 0 Å². The summed E-state index contributed by atoms with van der Waals surface area (Å²) in [5.41, 5.74) is 2.15. The molecule has 174 valence electrons. The average Bonchev–Trinajstić information content (AvgIpc) is 3.06. The number of methoxy groups -OCH3 is 2. The molecule has 2 aromatic rings. The van der Waals surface area contributed by atoms with Crippen molar-refractivity contribution in [3.63, 3.8) is 0 Å². The largest absolute Gasteiger partial charge is 0.378 e. The van der Waals surface area contributed by atoms with Crippen LogP contribution in [-0.2, 0) is 34.7 Å². The summed E-state index contributed by atoms with van der Waals surface area (Å²) in [6.45, 7) is 4.62. The van der Waals surface area contributed by atoms with Crippen LogP contribution in [0.1, 0.15) is 54.5 Å². The molecule has 2 aliphatic rings. The average molecular weight is 445 g/mol. The molecule has 10 nitrogen and oxygen atoms in total. The van der Waals surface area contributed by atoms with Crippen LogP contribution in [-0.4, -0.2) is 51.6 Å². The molecule has 4 atom stereocenters. The van der Waals surface area contributed by atoms with E-state index in [4.69, 9.17) is 9.47 Å². The molecule has 0 spiro atoms. The van der Waals surface area contributed by atoms with E-state index in [-0.39, 0.29) is 23.8 Å². The molecule has 0 saturated heterocycles. The van der Waals surface area contributed by atoms with Gasteiger partial charge < -0.3 is 20.1 Å². The summed E-state index contributed by atoms with van der Waals surface area (Å²) in [5, 5.41) is 14.7. The highest BCUT2D eigenvalue weighted by Gasteiger charge is 2.60. The molecular weight excluding hydrogens is 412 g/mol. The molecule has 2 aromatic heterocycles. The smallest absolute Gasteiger partial charge is 0.275 e.